The van der Waals surface area contributed by atoms with Gasteiger partial charge in [-0.05, 0) is 24.3 Å². The molecule has 0 aliphatic carbocycles. The molecule has 1 aromatic carbocycles. The summed E-state index contributed by atoms with van der Waals surface area (Å²) in [6.07, 6.45) is -4.29. The number of methoxy groups -OCH3 is 1. The smallest absolute Gasteiger partial charge is 0.383 e. The van der Waals surface area contributed by atoms with Gasteiger partial charge < -0.3 is 9.64 Å². The van der Waals surface area contributed by atoms with Gasteiger partial charge in [-0.25, -0.2) is 0 Å². The van der Waals surface area contributed by atoms with Crippen LogP contribution in [-0.2, 0) is 10.9 Å². The second-order valence-electron chi connectivity index (χ2n) is 3.71. The quantitative estimate of drug-likeness (QED) is 0.741. The number of hydrogen-bond acceptors (Lipinski definition) is 2. The predicted octanol–water partition coefficient (Wildman–Crippen LogP) is 3.55. The number of anilines is 1. The fourth-order valence-corrected chi connectivity index (χ4v) is 1.96. The summed E-state index contributed by atoms with van der Waals surface area (Å²) in [4.78, 5) is 1.97. The number of alkyl halides is 4. The molecule has 0 bridgehead atoms. The van der Waals surface area contributed by atoms with Gasteiger partial charge in [0.2, 0.25) is 0 Å². The maximum absolute atomic E-state index is 12.4. The third-order valence-electron chi connectivity index (χ3n) is 2.48. The van der Waals surface area contributed by atoms with Crippen molar-refractivity contribution in [2.24, 2.45) is 0 Å². The van der Waals surface area contributed by atoms with E-state index in [4.69, 9.17) is 4.74 Å². The zero-order valence-corrected chi connectivity index (χ0v) is 11.6. The van der Waals surface area contributed by atoms with Crippen molar-refractivity contribution >= 4 is 21.6 Å². The second-order valence-corrected chi connectivity index (χ2v) is 4.51. The standard InChI is InChI=1S/C12H15BrF3NO/c1-18-9-8-17(7-6-13)11-4-2-10(3-5-11)12(14,15)16/h2-5H,6-9H2,1H3. The number of nitrogens with zero attached hydrogens (tertiary/aromatic N) is 1. The van der Waals surface area contributed by atoms with Gasteiger partial charge in [-0.1, -0.05) is 15.9 Å². The Morgan fingerprint density at radius 1 is 1.17 bits per heavy atom. The first-order chi connectivity index (χ1) is 8.49. The zero-order chi connectivity index (χ0) is 13.6. The highest BCUT2D eigenvalue weighted by Crippen LogP contribution is 2.30. The highest BCUT2D eigenvalue weighted by atomic mass is 79.9. The molecule has 0 radical (unpaired) electrons. The summed E-state index contributed by atoms with van der Waals surface area (Å²) in [6, 6.07) is 5.18. The van der Waals surface area contributed by atoms with Gasteiger partial charge in [-0.15, -0.1) is 0 Å². The minimum absolute atomic E-state index is 0.536. The van der Waals surface area contributed by atoms with Crippen LogP contribution in [0.15, 0.2) is 24.3 Å². The van der Waals surface area contributed by atoms with Gasteiger partial charge in [-0.3, -0.25) is 0 Å². The van der Waals surface area contributed by atoms with Gasteiger partial charge in [0.05, 0.1) is 12.2 Å². The zero-order valence-electron chi connectivity index (χ0n) is 10.0. The summed E-state index contributed by atoms with van der Waals surface area (Å²) in [6.45, 7) is 1.90. The molecule has 1 aromatic rings. The number of rotatable bonds is 6. The molecule has 0 aromatic heterocycles. The van der Waals surface area contributed by atoms with E-state index in [-0.39, 0.29) is 0 Å². The van der Waals surface area contributed by atoms with Crippen LogP contribution in [0, 0.1) is 0 Å². The molecule has 102 valence electrons. The molecule has 0 spiro atoms. The van der Waals surface area contributed by atoms with Crippen LogP contribution in [0.5, 0.6) is 0 Å². The molecule has 2 nitrogen and oxygen atoms in total. The van der Waals surface area contributed by atoms with Crippen LogP contribution in [0.25, 0.3) is 0 Å². The van der Waals surface area contributed by atoms with Crippen molar-refractivity contribution in [1.29, 1.82) is 0 Å². The third kappa shape index (κ3) is 4.49. The Hall–Kier alpha value is -0.750. The fourth-order valence-electron chi connectivity index (χ4n) is 1.53. The molecule has 0 N–H and O–H groups in total. The van der Waals surface area contributed by atoms with Crippen molar-refractivity contribution in [2.75, 3.05) is 37.0 Å². The van der Waals surface area contributed by atoms with E-state index >= 15 is 0 Å². The van der Waals surface area contributed by atoms with Gasteiger partial charge in [-0.2, -0.15) is 13.2 Å². The molecule has 18 heavy (non-hydrogen) atoms. The molecule has 1 rings (SSSR count). The lowest BCUT2D eigenvalue weighted by Gasteiger charge is -2.24. The highest BCUT2D eigenvalue weighted by molar-refractivity contribution is 9.09. The van der Waals surface area contributed by atoms with Gasteiger partial charge >= 0.3 is 6.18 Å². The van der Waals surface area contributed by atoms with Gasteiger partial charge in [0.25, 0.3) is 0 Å². The first-order valence-electron chi connectivity index (χ1n) is 5.46. The average molecular weight is 326 g/mol. The second kappa shape index (κ2) is 6.99. The van der Waals surface area contributed by atoms with Crippen LogP contribution in [0.2, 0.25) is 0 Å². The van der Waals surface area contributed by atoms with Crippen molar-refractivity contribution in [3.05, 3.63) is 29.8 Å². The van der Waals surface area contributed by atoms with E-state index < -0.39 is 11.7 Å². The van der Waals surface area contributed by atoms with E-state index in [0.717, 1.165) is 23.2 Å². The summed E-state index contributed by atoms with van der Waals surface area (Å²) < 4.78 is 42.3. The SMILES string of the molecule is COCCN(CCBr)c1ccc(C(F)(F)F)cc1. The van der Waals surface area contributed by atoms with Crippen LogP contribution in [0.3, 0.4) is 0 Å². The largest absolute Gasteiger partial charge is 0.416 e. The number of ether oxygens (including phenoxy) is 1. The first kappa shape index (κ1) is 15.3. The van der Waals surface area contributed by atoms with Crippen LogP contribution in [0.1, 0.15) is 5.56 Å². The molecule has 6 heteroatoms. The lowest BCUT2D eigenvalue weighted by Crippen LogP contribution is -2.29. The average Bonchev–Trinajstić information content (AvgIpc) is 2.33. The third-order valence-corrected chi connectivity index (χ3v) is 2.83. The van der Waals surface area contributed by atoms with E-state index in [9.17, 15) is 13.2 Å². The van der Waals surface area contributed by atoms with Crippen LogP contribution in [-0.4, -0.2) is 32.1 Å². The van der Waals surface area contributed by atoms with E-state index in [0.29, 0.717) is 19.7 Å². The summed E-state index contributed by atoms with van der Waals surface area (Å²) in [5.41, 5.74) is 0.135. The minimum atomic E-state index is -4.29. The molecule has 0 saturated carbocycles. The minimum Gasteiger partial charge on any atom is -0.383 e. The number of halogens is 4. The normalized spacial score (nSPS) is 11.6. The van der Waals surface area contributed by atoms with Crippen LogP contribution >= 0.6 is 15.9 Å². The highest BCUT2D eigenvalue weighted by Gasteiger charge is 2.30. The number of benzene rings is 1. The van der Waals surface area contributed by atoms with Gasteiger partial charge in [0.15, 0.2) is 0 Å². The summed E-state index contributed by atoms with van der Waals surface area (Å²) in [7, 11) is 1.60. The maximum Gasteiger partial charge on any atom is 0.416 e. The monoisotopic (exact) mass is 325 g/mol. The van der Waals surface area contributed by atoms with Crippen molar-refractivity contribution < 1.29 is 17.9 Å². The molecule has 0 aliphatic heterocycles. The predicted molar refractivity (Wildman–Crippen MR) is 69.3 cm³/mol. The van der Waals surface area contributed by atoms with E-state index in [1.54, 1.807) is 7.11 Å². The molecule has 0 fully saturated rings. The Kier molecular flexibility index (Phi) is 5.95. The molecule has 0 aliphatic rings. The van der Waals surface area contributed by atoms with E-state index in [1.165, 1.54) is 12.1 Å². The Morgan fingerprint density at radius 3 is 2.22 bits per heavy atom. The van der Waals surface area contributed by atoms with E-state index in [2.05, 4.69) is 15.9 Å². The Balaban J connectivity index is 2.79. The van der Waals surface area contributed by atoms with Crippen molar-refractivity contribution in [3.8, 4) is 0 Å². The Labute approximate surface area is 113 Å². The molecular formula is C12H15BrF3NO. The van der Waals surface area contributed by atoms with Crippen molar-refractivity contribution in [2.45, 2.75) is 6.18 Å². The molecule has 0 saturated heterocycles. The summed E-state index contributed by atoms with van der Waals surface area (Å²) >= 11 is 3.32. The van der Waals surface area contributed by atoms with Gasteiger partial charge in [0, 0.05) is 31.2 Å². The molecule has 0 amide bonds. The fraction of sp³-hybridized carbons (Fsp3) is 0.500. The molecular weight excluding hydrogens is 311 g/mol. The topological polar surface area (TPSA) is 12.5 Å². The van der Waals surface area contributed by atoms with Crippen LogP contribution < -0.4 is 4.90 Å². The van der Waals surface area contributed by atoms with Gasteiger partial charge in [0.1, 0.15) is 0 Å². The first-order valence-corrected chi connectivity index (χ1v) is 6.58. The Bertz CT molecular complexity index is 353. The lowest BCUT2D eigenvalue weighted by molar-refractivity contribution is -0.137. The molecule has 0 heterocycles. The van der Waals surface area contributed by atoms with Crippen LogP contribution in [0.4, 0.5) is 18.9 Å². The summed E-state index contributed by atoms with van der Waals surface area (Å²) in [5.74, 6) is 0. The Morgan fingerprint density at radius 2 is 1.78 bits per heavy atom. The lowest BCUT2D eigenvalue weighted by atomic mass is 10.2. The van der Waals surface area contributed by atoms with Crippen molar-refractivity contribution in [1.82, 2.24) is 0 Å². The molecule has 0 atom stereocenters. The number of hydrogen-bond donors (Lipinski definition) is 0. The maximum atomic E-state index is 12.4. The van der Waals surface area contributed by atoms with Crippen molar-refractivity contribution in [3.63, 3.8) is 0 Å². The molecule has 0 unspecified atom stereocenters. The van der Waals surface area contributed by atoms with E-state index in [1.807, 2.05) is 4.90 Å². The summed E-state index contributed by atoms with van der Waals surface area (Å²) in [5, 5.41) is 0.748.